The molecule has 0 aliphatic heterocycles. The van der Waals surface area contributed by atoms with E-state index in [2.05, 4.69) is 24.5 Å². The van der Waals surface area contributed by atoms with Crippen LogP contribution in [0.4, 0.5) is 4.79 Å². The first-order valence-electron chi connectivity index (χ1n) is 11.9. The molecule has 0 saturated heterocycles. The molecule has 7 nitrogen and oxygen atoms in total. The van der Waals surface area contributed by atoms with Crippen molar-refractivity contribution in [3.63, 3.8) is 0 Å². The van der Waals surface area contributed by atoms with E-state index in [1.54, 1.807) is 27.9 Å². The first-order chi connectivity index (χ1) is 16.5. The predicted molar refractivity (Wildman–Crippen MR) is 138 cm³/mol. The van der Waals surface area contributed by atoms with Gasteiger partial charge in [0.2, 0.25) is 5.91 Å². The summed E-state index contributed by atoms with van der Waals surface area (Å²) in [5.74, 6) is 0.619. The quantitative estimate of drug-likeness (QED) is 0.469. The van der Waals surface area contributed by atoms with Crippen LogP contribution in [0.1, 0.15) is 51.8 Å². The highest BCUT2D eigenvalue weighted by atomic mass is 16.6. The van der Waals surface area contributed by atoms with Crippen LogP contribution < -0.4 is 15.4 Å². The number of nitrogens with one attached hydrogen (secondary N) is 2. The van der Waals surface area contributed by atoms with Gasteiger partial charge in [0.05, 0.1) is 13.2 Å². The summed E-state index contributed by atoms with van der Waals surface area (Å²) in [6, 6.07) is 14.6. The van der Waals surface area contributed by atoms with Crippen molar-refractivity contribution >= 4 is 22.9 Å². The lowest BCUT2D eigenvalue weighted by Crippen LogP contribution is -2.50. The molecule has 0 radical (unpaired) electrons. The summed E-state index contributed by atoms with van der Waals surface area (Å²) < 4.78 is 12.8. The van der Waals surface area contributed by atoms with E-state index in [-0.39, 0.29) is 17.9 Å². The molecule has 1 aromatic heterocycles. The number of methoxy groups -OCH3 is 1. The molecule has 188 valence electrons. The standard InChI is InChI=1S/C28H37N3O4/c1-18(2)25(19-12-14-21(34-7)15-13-19)30-26(32)23(29-27(33)35-28(3,4)5)16-20-17-31(6)24-11-9-8-10-22(20)24/h8-15,17-18,23,25H,16H2,1-7H3,(H,29,33)(H,30,32). The maximum absolute atomic E-state index is 13.6. The first-order valence-corrected chi connectivity index (χ1v) is 11.9. The molecular formula is C28H37N3O4. The number of hydrogen-bond donors (Lipinski definition) is 2. The number of ether oxygens (including phenoxy) is 2. The Hall–Kier alpha value is -3.48. The minimum Gasteiger partial charge on any atom is -0.497 e. The van der Waals surface area contributed by atoms with Crippen molar-refractivity contribution in [3.8, 4) is 5.75 Å². The second-order valence-electron chi connectivity index (χ2n) is 10.2. The van der Waals surface area contributed by atoms with Gasteiger partial charge in [0.15, 0.2) is 0 Å². The maximum atomic E-state index is 13.6. The smallest absolute Gasteiger partial charge is 0.408 e. The Balaban J connectivity index is 1.88. The molecule has 2 unspecified atom stereocenters. The van der Waals surface area contributed by atoms with E-state index in [1.807, 2.05) is 66.3 Å². The van der Waals surface area contributed by atoms with Gasteiger partial charge in [-0.15, -0.1) is 0 Å². The summed E-state index contributed by atoms with van der Waals surface area (Å²) in [4.78, 5) is 26.3. The van der Waals surface area contributed by atoms with Crippen LogP contribution >= 0.6 is 0 Å². The van der Waals surface area contributed by atoms with Crippen molar-refractivity contribution in [2.45, 2.75) is 58.7 Å². The highest BCUT2D eigenvalue weighted by Gasteiger charge is 2.28. The van der Waals surface area contributed by atoms with Gasteiger partial charge in [-0.1, -0.05) is 44.2 Å². The van der Waals surface area contributed by atoms with Crippen molar-refractivity contribution in [1.82, 2.24) is 15.2 Å². The van der Waals surface area contributed by atoms with Crippen LogP contribution in [0.3, 0.4) is 0 Å². The summed E-state index contributed by atoms with van der Waals surface area (Å²) in [6.45, 7) is 9.49. The Bertz CT molecular complexity index is 1160. The van der Waals surface area contributed by atoms with E-state index in [9.17, 15) is 9.59 Å². The topological polar surface area (TPSA) is 81.6 Å². The lowest BCUT2D eigenvalue weighted by Gasteiger charge is -2.27. The Morgan fingerprint density at radius 3 is 2.26 bits per heavy atom. The predicted octanol–water partition coefficient (Wildman–Crippen LogP) is 5.14. The van der Waals surface area contributed by atoms with Crippen LogP contribution in [-0.4, -0.2) is 35.3 Å². The number of nitrogens with zero attached hydrogens (tertiary/aromatic N) is 1. The zero-order valence-corrected chi connectivity index (χ0v) is 21.7. The Morgan fingerprint density at radius 2 is 1.66 bits per heavy atom. The number of amides is 2. The number of aryl methyl sites for hydroxylation is 1. The fraction of sp³-hybridized carbons (Fsp3) is 0.429. The van der Waals surface area contributed by atoms with Crippen LogP contribution in [-0.2, 0) is 23.0 Å². The average molecular weight is 480 g/mol. The molecule has 0 bridgehead atoms. The molecule has 0 saturated carbocycles. The molecule has 1 heterocycles. The third kappa shape index (κ3) is 6.78. The van der Waals surface area contributed by atoms with Crippen molar-refractivity contribution in [3.05, 3.63) is 65.9 Å². The zero-order chi connectivity index (χ0) is 25.8. The van der Waals surface area contributed by atoms with Crippen LogP contribution in [0.15, 0.2) is 54.7 Å². The van der Waals surface area contributed by atoms with E-state index < -0.39 is 17.7 Å². The average Bonchev–Trinajstić information content (AvgIpc) is 3.11. The van der Waals surface area contributed by atoms with Gasteiger partial charge in [-0.25, -0.2) is 4.79 Å². The van der Waals surface area contributed by atoms with Gasteiger partial charge in [-0.2, -0.15) is 0 Å². The van der Waals surface area contributed by atoms with Crippen molar-refractivity contribution < 1.29 is 19.1 Å². The van der Waals surface area contributed by atoms with Crippen LogP contribution in [0, 0.1) is 5.92 Å². The fourth-order valence-electron chi connectivity index (χ4n) is 4.17. The van der Waals surface area contributed by atoms with E-state index in [4.69, 9.17) is 9.47 Å². The third-order valence-electron chi connectivity index (χ3n) is 5.85. The number of carbonyl (C=O) groups excluding carboxylic acids is 2. The lowest BCUT2D eigenvalue weighted by atomic mass is 9.95. The molecular weight excluding hydrogens is 442 g/mol. The van der Waals surface area contributed by atoms with Gasteiger partial charge < -0.3 is 24.7 Å². The maximum Gasteiger partial charge on any atom is 0.408 e. The second kappa shape index (κ2) is 10.8. The SMILES string of the molecule is COc1ccc(C(NC(=O)C(Cc2cn(C)c3ccccc23)NC(=O)OC(C)(C)C)C(C)C)cc1. The number of alkyl carbamates (subject to hydrolysis) is 1. The number of hydrogen-bond acceptors (Lipinski definition) is 4. The Kier molecular flexibility index (Phi) is 8.10. The summed E-state index contributed by atoms with van der Waals surface area (Å²) in [5, 5.41) is 7.01. The van der Waals surface area contributed by atoms with Gasteiger partial charge >= 0.3 is 6.09 Å². The van der Waals surface area contributed by atoms with Gasteiger partial charge in [-0.3, -0.25) is 4.79 Å². The Labute approximate surface area is 207 Å². The monoisotopic (exact) mass is 479 g/mol. The van der Waals surface area contributed by atoms with Crippen LogP contribution in [0.5, 0.6) is 5.75 Å². The Morgan fingerprint density at radius 1 is 1.00 bits per heavy atom. The molecule has 2 N–H and O–H groups in total. The number of para-hydroxylation sites is 1. The highest BCUT2D eigenvalue weighted by molar-refractivity contribution is 5.89. The fourth-order valence-corrected chi connectivity index (χ4v) is 4.17. The minimum atomic E-state index is -0.810. The molecule has 0 aliphatic carbocycles. The van der Waals surface area contributed by atoms with Gasteiger partial charge in [0.1, 0.15) is 17.4 Å². The molecule has 0 aliphatic rings. The van der Waals surface area contributed by atoms with Crippen LogP contribution in [0.2, 0.25) is 0 Å². The molecule has 3 aromatic rings. The van der Waals surface area contributed by atoms with Gasteiger partial charge in [0.25, 0.3) is 0 Å². The number of carbonyl (C=O) groups is 2. The summed E-state index contributed by atoms with van der Waals surface area (Å²) >= 11 is 0. The van der Waals surface area contributed by atoms with Gasteiger partial charge in [-0.05, 0) is 56.0 Å². The number of fused-ring (bicyclic) bond motifs is 1. The largest absolute Gasteiger partial charge is 0.497 e. The summed E-state index contributed by atoms with van der Waals surface area (Å²) in [7, 11) is 3.59. The molecule has 0 spiro atoms. The van der Waals surface area contributed by atoms with Crippen molar-refractivity contribution in [2.24, 2.45) is 13.0 Å². The van der Waals surface area contributed by atoms with Crippen LogP contribution in [0.25, 0.3) is 10.9 Å². The third-order valence-corrected chi connectivity index (χ3v) is 5.85. The lowest BCUT2D eigenvalue weighted by molar-refractivity contribution is -0.124. The van der Waals surface area contributed by atoms with Gasteiger partial charge in [0, 0.05) is 30.6 Å². The molecule has 2 aromatic carbocycles. The number of rotatable bonds is 8. The van der Waals surface area contributed by atoms with E-state index in [0.717, 1.165) is 27.8 Å². The molecule has 7 heteroatoms. The highest BCUT2D eigenvalue weighted by Crippen LogP contribution is 2.25. The van der Waals surface area contributed by atoms with E-state index >= 15 is 0 Å². The molecule has 2 amide bonds. The van der Waals surface area contributed by atoms with E-state index in [1.165, 1.54) is 0 Å². The van der Waals surface area contributed by atoms with E-state index in [0.29, 0.717) is 6.42 Å². The molecule has 3 rings (SSSR count). The van der Waals surface area contributed by atoms with Crippen molar-refractivity contribution in [2.75, 3.05) is 7.11 Å². The van der Waals surface area contributed by atoms with Crippen molar-refractivity contribution in [1.29, 1.82) is 0 Å². The molecule has 35 heavy (non-hydrogen) atoms. The second-order valence-corrected chi connectivity index (χ2v) is 10.2. The number of aromatic nitrogens is 1. The summed E-state index contributed by atoms with van der Waals surface area (Å²) in [6.07, 6.45) is 1.72. The zero-order valence-electron chi connectivity index (χ0n) is 21.7. The first kappa shape index (κ1) is 26.1. The normalized spacial score (nSPS) is 13.4. The minimum absolute atomic E-state index is 0.132. The number of benzene rings is 2. The summed E-state index contributed by atoms with van der Waals surface area (Å²) in [5.41, 5.74) is 2.34. The molecule has 2 atom stereocenters. The molecule has 0 fully saturated rings.